The molecule has 0 heterocycles. The average molecular weight is 299 g/mol. The lowest BCUT2D eigenvalue weighted by atomic mass is 10.2. The molecule has 0 atom stereocenters. The van der Waals surface area contributed by atoms with Crippen molar-refractivity contribution in [3.05, 3.63) is 0 Å². The summed E-state index contributed by atoms with van der Waals surface area (Å²) in [5.41, 5.74) is 0. The maximum absolute atomic E-state index is 12.3. The topological polar surface area (TPSA) is 78.4 Å². The summed E-state index contributed by atoms with van der Waals surface area (Å²) in [6.07, 6.45) is -9.20. The minimum atomic E-state index is -6.78. The van der Waals surface area contributed by atoms with Gasteiger partial charge in [-0.3, -0.25) is 0 Å². The first-order valence-electron chi connectivity index (χ1n) is 3.14. The van der Waals surface area contributed by atoms with E-state index < -0.39 is 33.9 Å². The smallest absolute Gasteiger partial charge is 0.344 e. The molecule has 0 saturated heterocycles. The van der Waals surface area contributed by atoms with E-state index in [1.165, 1.54) is 0 Å². The zero-order valence-electron chi connectivity index (χ0n) is 7.57. The van der Waals surface area contributed by atoms with E-state index in [0.717, 1.165) is 0 Å². The van der Waals surface area contributed by atoms with Crippen LogP contribution in [0.4, 0.5) is 35.3 Å². The van der Waals surface area contributed by atoms with Crippen LogP contribution in [0.25, 0.3) is 0 Å². The molecular formula is C4H5F8NO3S. The Morgan fingerprint density at radius 3 is 1.53 bits per heavy atom. The van der Waals surface area contributed by atoms with Crippen LogP contribution in [-0.2, 0) is 14.5 Å². The number of hydrogen-bond acceptors (Lipinski definition) is 4. The normalized spacial score (nSPS) is 14.4. The van der Waals surface area contributed by atoms with E-state index in [0.29, 0.717) is 0 Å². The number of hydrogen-bond donors (Lipinski definition) is 1. The van der Waals surface area contributed by atoms with Crippen LogP contribution in [-0.4, -0.2) is 25.8 Å². The van der Waals surface area contributed by atoms with E-state index in [-0.39, 0.29) is 6.15 Å². The summed E-state index contributed by atoms with van der Waals surface area (Å²) in [6.45, 7) is 0. The van der Waals surface area contributed by atoms with Crippen molar-refractivity contribution in [2.75, 3.05) is 0 Å². The molecule has 3 N–H and O–H groups in total. The summed E-state index contributed by atoms with van der Waals surface area (Å²) in [5, 5.41) is -6.33. The molecule has 13 heteroatoms. The van der Waals surface area contributed by atoms with Crippen LogP contribution < -0.4 is 6.15 Å². The van der Waals surface area contributed by atoms with E-state index in [2.05, 4.69) is 0 Å². The minimum Gasteiger partial charge on any atom is -0.344 e. The molecule has 0 aliphatic carbocycles. The van der Waals surface area contributed by atoms with Crippen LogP contribution >= 0.6 is 0 Å². The molecule has 0 aromatic rings. The summed E-state index contributed by atoms with van der Waals surface area (Å²) in [5.74, 6) is -6.05. The van der Waals surface area contributed by atoms with Crippen molar-refractivity contribution >= 4 is 10.1 Å². The first kappa shape index (κ1) is 18.7. The molecule has 17 heavy (non-hydrogen) atoms. The molecule has 0 fully saturated rings. The highest BCUT2D eigenvalue weighted by atomic mass is 32.2. The molecule has 0 aliphatic rings. The van der Waals surface area contributed by atoms with Crippen molar-refractivity contribution in [3.8, 4) is 0 Å². The van der Waals surface area contributed by atoms with Crippen LogP contribution in [0.1, 0.15) is 6.42 Å². The summed E-state index contributed by atoms with van der Waals surface area (Å²) in [6, 6.07) is 0. The summed E-state index contributed by atoms with van der Waals surface area (Å²) < 4.78 is 116. The fourth-order valence-electron chi connectivity index (χ4n) is 0.577. The Labute approximate surface area is 89.1 Å². The first-order valence-corrected chi connectivity index (χ1v) is 4.55. The Bertz CT molecular complexity index is 348. The Hall–Kier alpha value is -0.690. The van der Waals surface area contributed by atoms with Gasteiger partial charge in [0, 0.05) is 0 Å². The Morgan fingerprint density at radius 2 is 1.29 bits per heavy atom. The zero-order valence-corrected chi connectivity index (χ0v) is 8.39. The van der Waals surface area contributed by atoms with Crippen LogP contribution in [0, 0.1) is 0 Å². The van der Waals surface area contributed by atoms with Gasteiger partial charge in [0.1, 0.15) is 6.42 Å². The predicted octanol–water partition coefficient (Wildman–Crippen LogP) is 2.56. The average Bonchev–Trinajstić information content (AvgIpc) is 1.99. The van der Waals surface area contributed by atoms with E-state index in [1.54, 1.807) is 4.39 Å². The fourth-order valence-corrected chi connectivity index (χ4v) is 1.09. The van der Waals surface area contributed by atoms with Gasteiger partial charge in [0.25, 0.3) is 0 Å². The quantitative estimate of drug-likeness (QED) is 0.809. The van der Waals surface area contributed by atoms with Crippen molar-refractivity contribution in [2.24, 2.45) is 0 Å². The standard InChI is InChI=1S/C4H2F8O3S.H3N/c5-2(6,1-3(7,8)9)4(10,11)16(13,14)15-12;/h1H2;1H3. The summed E-state index contributed by atoms with van der Waals surface area (Å²) >= 11 is 0. The van der Waals surface area contributed by atoms with Gasteiger partial charge in [0.05, 0.1) is 0 Å². The van der Waals surface area contributed by atoms with Crippen LogP contribution in [0.2, 0.25) is 0 Å². The molecule has 0 saturated carbocycles. The Kier molecular flexibility index (Phi) is 5.37. The molecule has 0 radical (unpaired) electrons. The first-order chi connectivity index (χ1) is 6.77. The summed E-state index contributed by atoms with van der Waals surface area (Å²) in [7, 11) is -6.78. The van der Waals surface area contributed by atoms with Gasteiger partial charge in [0.15, 0.2) is 0 Å². The van der Waals surface area contributed by atoms with Crippen molar-refractivity contribution in [3.63, 3.8) is 0 Å². The molecule has 0 aromatic carbocycles. The second kappa shape index (κ2) is 4.89. The lowest BCUT2D eigenvalue weighted by Gasteiger charge is -2.24. The van der Waals surface area contributed by atoms with Gasteiger partial charge in [-0.25, -0.2) is 0 Å². The van der Waals surface area contributed by atoms with Crippen molar-refractivity contribution in [2.45, 2.75) is 23.8 Å². The summed E-state index contributed by atoms with van der Waals surface area (Å²) in [4.78, 5) is 0. The van der Waals surface area contributed by atoms with E-state index >= 15 is 0 Å². The Balaban J connectivity index is 0. The molecule has 0 aromatic heterocycles. The molecule has 0 amide bonds. The largest absolute Gasteiger partial charge is 0.434 e. The van der Waals surface area contributed by atoms with Gasteiger partial charge in [-0.05, 0) is 4.53 Å². The molecule has 4 nitrogen and oxygen atoms in total. The van der Waals surface area contributed by atoms with Crippen molar-refractivity contribution in [1.29, 1.82) is 0 Å². The maximum atomic E-state index is 12.3. The number of halogens is 8. The lowest BCUT2D eigenvalue weighted by Crippen LogP contribution is -2.49. The third-order valence-corrected chi connectivity index (χ3v) is 2.34. The van der Waals surface area contributed by atoms with Gasteiger partial charge in [0.2, 0.25) is 0 Å². The Morgan fingerprint density at radius 1 is 0.941 bits per heavy atom. The van der Waals surface area contributed by atoms with Crippen LogP contribution in [0.3, 0.4) is 0 Å². The van der Waals surface area contributed by atoms with Crippen molar-refractivity contribution < 1.29 is 48.1 Å². The maximum Gasteiger partial charge on any atom is 0.434 e. The highest BCUT2D eigenvalue weighted by Crippen LogP contribution is 2.45. The third-order valence-electron chi connectivity index (χ3n) is 1.25. The van der Waals surface area contributed by atoms with Crippen LogP contribution in [0.15, 0.2) is 0 Å². The second-order valence-corrected chi connectivity index (χ2v) is 4.08. The molecule has 0 rings (SSSR count). The predicted molar refractivity (Wildman–Crippen MR) is 36.7 cm³/mol. The minimum absolute atomic E-state index is 0. The second-order valence-electron chi connectivity index (χ2n) is 2.53. The molecular weight excluding hydrogens is 294 g/mol. The SMILES string of the molecule is N.O=S(=O)(OF)C(F)(F)C(F)(F)CC(F)(F)F. The highest BCUT2D eigenvalue weighted by molar-refractivity contribution is 7.87. The van der Waals surface area contributed by atoms with E-state index in [4.69, 9.17) is 0 Å². The number of alkyl halides is 7. The molecule has 0 aliphatic heterocycles. The van der Waals surface area contributed by atoms with Gasteiger partial charge >= 0.3 is 27.5 Å². The highest BCUT2D eigenvalue weighted by Gasteiger charge is 2.70. The van der Waals surface area contributed by atoms with Crippen LogP contribution in [0.5, 0.6) is 0 Å². The third kappa shape index (κ3) is 3.92. The number of rotatable bonds is 4. The van der Waals surface area contributed by atoms with Gasteiger partial charge in [-0.1, -0.05) is 4.39 Å². The van der Waals surface area contributed by atoms with Gasteiger partial charge in [-0.2, -0.15) is 39.2 Å². The zero-order chi connectivity index (χ0) is 13.4. The molecule has 0 spiro atoms. The van der Waals surface area contributed by atoms with Crippen molar-refractivity contribution in [1.82, 2.24) is 6.15 Å². The van der Waals surface area contributed by atoms with Gasteiger partial charge in [-0.15, -0.1) is 0 Å². The molecule has 0 bridgehead atoms. The van der Waals surface area contributed by atoms with Gasteiger partial charge < -0.3 is 6.15 Å². The molecule has 0 unspecified atom stereocenters. The monoisotopic (exact) mass is 299 g/mol. The van der Waals surface area contributed by atoms with E-state index in [9.17, 15) is 43.7 Å². The van der Waals surface area contributed by atoms with E-state index in [1.807, 2.05) is 0 Å². The fraction of sp³-hybridized carbons (Fsp3) is 1.00. The lowest BCUT2D eigenvalue weighted by molar-refractivity contribution is -0.239. The molecule has 106 valence electrons.